The standard InChI is InChI=1S/C25H23ClN4O2S/c1-2-15-30(24(32)21-9-5-7-17-6-3-4-8-20(17)21)16-14-22(31)27-25-29-28-23(33-25)18-10-12-19(26)13-11-18/h3-13H,2,14-16H2,1H3,(H,27,29,31). The molecular weight excluding hydrogens is 456 g/mol. The Kier molecular flexibility index (Phi) is 7.32. The first kappa shape index (κ1) is 22.9. The SMILES string of the molecule is CCCN(CCC(=O)Nc1nnc(-c2ccc(Cl)cc2)s1)C(=O)c1cccc2ccccc12. The third kappa shape index (κ3) is 5.56. The van der Waals surface area contributed by atoms with Crippen molar-refractivity contribution in [3.8, 4) is 10.6 Å². The van der Waals surface area contributed by atoms with Crippen LogP contribution in [0.25, 0.3) is 21.3 Å². The summed E-state index contributed by atoms with van der Waals surface area (Å²) in [6.45, 7) is 2.92. The topological polar surface area (TPSA) is 75.2 Å². The molecular formula is C25H23ClN4O2S. The lowest BCUT2D eigenvalue weighted by Crippen LogP contribution is -2.34. The van der Waals surface area contributed by atoms with E-state index in [9.17, 15) is 9.59 Å². The molecule has 0 radical (unpaired) electrons. The molecule has 3 aromatic carbocycles. The maximum Gasteiger partial charge on any atom is 0.254 e. The molecule has 0 aliphatic heterocycles. The Morgan fingerprint density at radius 1 is 0.970 bits per heavy atom. The molecule has 4 aromatic rings. The van der Waals surface area contributed by atoms with Crippen LogP contribution in [0.1, 0.15) is 30.1 Å². The molecule has 0 saturated heterocycles. The number of halogens is 1. The second-order valence-electron chi connectivity index (χ2n) is 7.54. The molecule has 0 aliphatic rings. The number of aromatic nitrogens is 2. The van der Waals surface area contributed by atoms with Crippen LogP contribution in [0.4, 0.5) is 5.13 Å². The van der Waals surface area contributed by atoms with Gasteiger partial charge in [-0.1, -0.05) is 78.4 Å². The smallest absolute Gasteiger partial charge is 0.254 e. The van der Waals surface area contributed by atoms with Gasteiger partial charge in [-0.15, -0.1) is 10.2 Å². The lowest BCUT2D eigenvalue weighted by Gasteiger charge is -2.22. The van der Waals surface area contributed by atoms with Gasteiger partial charge < -0.3 is 10.2 Å². The van der Waals surface area contributed by atoms with Gasteiger partial charge in [-0.3, -0.25) is 9.59 Å². The summed E-state index contributed by atoms with van der Waals surface area (Å²) in [6.07, 6.45) is 0.978. The molecule has 1 heterocycles. The highest BCUT2D eigenvalue weighted by molar-refractivity contribution is 7.18. The lowest BCUT2D eigenvalue weighted by molar-refractivity contribution is -0.116. The summed E-state index contributed by atoms with van der Waals surface area (Å²) in [4.78, 5) is 27.6. The van der Waals surface area contributed by atoms with E-state index < -0.39 is 0 Å². The van der Waals surface area contributed by atoms with Crippen molar-refractivity contribution < 1.29 is 9.59 Å². The van der Waals surface area contributed by atoms with Crippen LogP contribution in [0.3, 0.4) is 0 Å². The number of nitrogens with zero attached hydrogens (tertiary/aromatic N) is 3. The molecule has 168 valence electrons. The van der Waals surface area contributed by atoms with Crippen LogP contribution in [0.5, 0.6) is 0 Å². The van der Waals surface area contributed by atoms with Gasteiger partial charge in [0.25, 0.3) is 5.91 Å². The fraction of sp³-hybridized carbons (Fsp3) is 0.200. The van der Waals surface area contributed by atoms with Crippen molar-refractivity contribution in [3.05, 3.63) is 77.3 Å². The van der Waals surface area contributed by atoms with E-state index in [-0.39, 0.29) is 18.2 Å². The van der Waals surface area contributed by atoms with Gasteiger partial charge in [0.1, 0.15) is 5.01 Å². The largest absolute Gasteiger partial charge is 0.338 e. The summed E-state index contributed by atoms with van der Waals surface area (Å²) >= 11 is 7.22. The Morgan fingerprint density at radius 2 is 1.73 bits per heavy atom. The minimum absolute atomic E-state index is 0.0672. The highest BCUT2D eigenvalue weighted by Crippen LogP contribution is 2.27. The van der Waals surface area contributed by atoms with Crippen LogP contribution in [-0.4, -0.2) is 40.0 Å². The van der Waals surface area contributed by atoms with Crippen molar-refractivity contribution in [3.63, 3.8) is 0 Å². The van der Waals surface area contributed by atoms with Gasteiger partial charge in [0, 0.05) is 35.7 Å². The first-order valence-electron chi connectivity index (χ1n) is 10.7. The first-order chi connectivity index (χ1) is 16.0. The summed E-state index contributed by atoms with van der Waals surface area (Å²) < 4.78 is 0. The Bertz CT molecular complexity index is 1270. The van der Waals surface area contributed by atoms with E-state index in [0.29, 0.717) is 33.8 Å². The minimum Gasteiger partial charge on any atom is -0.338 e. The average Bonchev–Trinajstić information content (AvgIpc) is 3.29. The van der Waals surface area contributed by atoms with Gasteiger partial charge in [0.2, 0.25) is 11.0 Å². The Balaban J connectivity index is 1.40. The zero-order valence-electron chi connectivity index (χ0n) is 18.1. The molecule has 0 fully saturated rings. The zero-order chi connectivity index (χ0) is 23.2. The highest BCUT2D eigenvalue weighted by atomic mass is 35.5. The monoisotopic (exact) mass is 478 g/mol. The van der Waals surface area contributed by atoms with Crippen molar-refractivity contribution in [2.45, 2.75) is 19.8 Å². The number of fused-ring (bicyclic) bond motifs is 1. The summed E-state index contributed by atoms with van der Waals surface area (Å²) in [6, 6.07) is 20.8. The summed E-state index contributed by atoms with van der Waals surface area (Å²) in [5, 5.41) is 14.7. The van der Waals surface area contributed by atoms with Gasteiger partial charge in [0.05, 0.1) is 0 Å². The fourth-order valence-corrected chi connectivity index (χ4v) is 4.46. The van der Waals surface area contributed by atoms with Gasteiger partial charge in [0.15, 0.2) is 0 Å². The molecule has 4 rings (SSSR count). The number of rotatable bonds is 8. The number of hydrogen-bond donors (Lipinski definition) is 1. The van der Waals surface area contributed by atoms with Gasteiger partial charge in [-0.05, 0) is 35.4 Å². The lowest BCUT2D eigenvalue weighted by atomic mass is 10.0. The van der Waals surface area contributed by atoms with Crippen molar-refractivity contribution in [2.24, 2.45) is 0 Å². The number of carbonyl (C=O) groups is 2. The minimum atomic E-state index is -0.208. The number of benzene rings is 3. The first-order valence-corrected chi connectivity index (χ1v) is 11.9. The van der Waals surface area contributed by atoms with Crippen LogP contribution in [0.2, 0.25) is 5.02 Å². The average molecular weight is 479 g/mol. The van der Waals surface area contributed by atoms with Crippen LogP contribution in [0, 0.1) is 0 Å². The Hall–Kier alpha value is -3.29. The molecule has 1 aromatic heterocycles. The summed E-state index contributed by atoms with van der Waals surface area (Å²) in [5.41, 5.74) is 1.53. The predicted molar refractivity (Wildman–Crippen MR) is 134 cm³/mol. The third-order valence-electron chi connectivity index (χ3n) is 5.17. The second kappa shape index (κ2) is 10.6. The van der Waals surface area contributed by atoms with E-state index >= 15 is 0 Å². The molecule has 2 amide bonds. The van der Waals surface area contributed by atoms with Crippen LogP contribution in [0.15, 0.2) is 66.7 Å². The van der Waals surface area contributed by atoms with Crippen molar-refractivity contribution in [1.29, 1.82) is 0 Å². The molecule has 0 unspecified atom stereocenters. The molecule has 0 bridgehead atoms. The molecule has 33 heavy (non-hydrogen) atoms. The maximum absolute atomic E-state index is 13.3. The van der Waals surface area contributed by atoms with Crippen molar-refractivity contribution in [1.82, 2.24) is 15.1 Å². The zero-order valence-corrected chi connectivity index (χ0v) is 19.7. The Labute approximate surface area is 201 Å². The quantitative estimate of drug-likeness (QED) is 0.342. The molecule has 0 aliphatic carbocycles. The third-order valence-corrected chi connectivity index (χ3v) is 6.31. The maximum atomic E-state index is 13.3. The number of hydrogen-bond acceptors (Lipinski definition) is 5. The van der Waals surface area contributed by atoms with Crippen LogP contribution in [-0.2, 0) is 4.79 Å². The summed E-state index contributed by atoms with van der Waals surface area (Å²) in [5.74, 6) is -0.275. The number of amides is 2. The predicted octanol–water partition coefficient (Wildman–Crippen LogP) is 5.89. The molecule has 0 spiro atoms. The molecule has 8 heteroatoms. The van der Waals surface area contributed by atoms with E-state index in [1.165, 1.54) is 11.3 Å². The molecule has 0 atom stereocenters. The number of nitrogens with one attached hydrogen (secondary N) is 1. The second-order valence-corrected chi connectivity index (χ2v) is 8.95. The van der Waals surface area contributed by atoms with Gasteiger partial charge in [-0.2, -0.15) is 0 Å². The van der Waals surface area contributed by atoms with E-state index in [1.807, 2.05) is 61.5 Å². The summed E-state index contributed by atoms with van der Waals surface area (Å²) in [7, 11) is 0. The van der Waals surface area contributed by atoms with Crippen molar-refractivity contribution in [2.75, 3.05) is 18.4 Å². The van der Waals surface area contributed by atoms with E-state index in [2.05, 4.69) is 15.5 Å². The van der Waals surface area contributed by atoms with Crippen LogP contribution >= 0.6 is 22.9 Å². The number of anilines is 1. The highest BCUT2D eigenvalue weighted by Gasteiger charge is 2.19. The molecule has 0 saturated carbocycles. The van der Waals surface area contributed by atoms with Crippen LogP contribution < -0.4 is 5.32 Å². The van der Waals surface area contributed by atoms with E-state index in [0.717, 1.165) is 22.8 Å². The van der Waals surface area contributed by atoms with Crippen molar-refractivity contribution >= 4 is 50.7 Å². The number of carbonyl (C=O) groups excluding carboxylic acids is 2. The normalized spacial score (nSPS) is 10.8. The molecule has 6 nitrogen and oxygen atoms in total. The molecule has 1 N–H and O–H groups in total. The van der Waals surface area contributed by atoms with E-state index in [4.69, 9.17) is 11.6 Å². The Morgan fingerprint density at radius 3 is 2.52 bits per heavy atom. The van der Waals surface area contributed by atoms with Gasteiger partial charge in [-0.25, -0.2) is 0 Å². The van der Waals surface area contributed by atoms with Gasteiger partial charge >= 0.3 is 0 Å². The fourth-order valence-electron chi connectivity index (χ4n) is 3.57. The van der Waals surface area contributed by atoms with E-state index in [1.54, 1.807) is 17.0 Å².